The Morgan fingerprint density at radius 1 is 1.11 bits per heavy atom. The van der Waals surface area contributed by atoms with Crippen LogP contribution in [-0.4, -0.2) is 82.2 Å². The van der Waals surface area contributed by atoms with Gasteiger partial charge < -0.3 is 31.1 Å². The van der Waals surface area contributed by atoms with Gasteiger partial charge in [0.2, 0.25) is 17.7 Å². The van der Waals surface area contributed by atoms with E-state index in [1.54, 1.807) is 0 Å². The van der Waals surface area contributed by atoms with Gasteiger partial charge in [0.25, 0.3) is 0 Å². The van der Waals surface area contributed by atoms with Gasteiger partial charge in [0.05, 0.1) is 12.1 Å². The van der Waals surface area contributed by atoms with E-state index >= 15 is 0 Å². The minimum absolute atomic E-state index is 0.123. The number of carboxylic acids is 1. The highest BCUT2D eigenvalue weighted by Gasteiger charge is 2.39. The monoisotopic (exact) mass is 384 g/mol. The van der Waals surface area contributed by atoms with E-state index in [4.69, 9.17) is 5.11 Å². The number of carbonyl (C=O) groups is 4. The molecule has 152 valence electrons. The van der Waals surface area contributed by atoms with Crippen molar-refractivity contribution >= 4 is 23.7 Å². The van der Waals surface area contributed by atoms with Crippen LogP contribution in [-0.2, 0) is 19.2 Å². The lowest BCUT2D eigenvalue weighted by Gasteiger charge is -2.29. The number of hydrogen-bond acceptors (Lipinski definition) is 6. The number of aliphatic hydroxyl groups excluding tert-OH is 1. The second kappa shape index (κ2) is 9.14. The molecular formula is C17H28N4O6. The molecule has 2 rings (SSSR count). The van der Waals surface area contributed by atoms with Gasteiger partial charge in [-0.2, -0.15) is 0 Å². The van der Waals surface area contributed by atoms with Crippen LogP contribution >= 0.6 is 0 Å². The Labute approximate surface area is 157 Å². The zero-order valence-corrected chi connectivity index (χ0v) is 15.6. The topological polar surface area (TPSA) is 148 Å². The SMILES string of the molecule is CC(NC(=O)C(NC(=O)C1CCCN1C(=O)C1CCCN1)C(C)O)C(=O)O. The molecule has 10 nitrogen and oxygen atoms in total. The van der Waals surface area contributed by atoms with Gasteiger partial charge in [-0.05, 0) is 46.1 Å². The molecule has 0 aromatic heterocycles. The number of rotatable bonds is 7. The third kappa shape index (κ3) is 5.16. The lowest BCUT2D eigenvalue weighted by Crippen LogP contribution is -2.59. The number of nitrogens with zero attached hydrogens (tertiary/aromatic N) is 1. The van der Waals surface area contributed by atoms with Crippen molar-refractivity contribution in [2.75, 3.05) is 13.1 Å². The van der Waals surface area contributed by atoms with Crippen LogP contribution in [0.15, 0.2) is 0 Å². The van der Waals surface area contributed by atoms with E-state index in [1.165, 1.54) is 18.7 Å². The van der Waals surface area contributed by atoms with Crippen LogP contribution < -0.4 is 16.0 Å². The minimum Gasteiger partial charge on any atom is -0.480 e. The Hall–Kier alpha value is -2.20. The summed E-state index contributed by atoms with van der Waals surface area (Å²) < 4.78 is 0. The van der Waals surface area contributed by atoms with E-state index in [9.17, 15) is 24.3 Å². The first-order valence-corrected chi connectivity index (χ1v) is 9.28. The normalized spacial score (nSPS) is 25.5. The molecule has 5 unspecified atom stereocenters. The Morgan fingerprint density at radius 2 is 1.81 bits per heavy atom. The molecule has 0 saturated carbocycles. The molecule has 0 aromatic carbocycles. The lowest BCUT2D eigenvalue weighted by molar-refractivity contribution is -0.143. The van der Waals surface area contributed by atoms with Crippen molar-refractivity contribution in [3.05, 3.63) is 0 Å². The maximum atomic E-state index is 12.7. The van der Waals surface area contributed by atoms with Crippen molar-refractivity contribution in [1.29, 1.82) is 0 Å². The summed E-state index contributed by atoms with van der Waals surface area (Å²) in [6.07, 6.45) is 1.57. The first kappa shape index (κ1) is 21.1. The fourth-order valence-electron chi connectivity index (χ4n) is 3.42. The molecule has 2 aliphatic heterocycles. The van der Waals surface area contributed by atoms with Gasteiger partial charge in [-0.25, -0.2) is 0 Å². The molecular weight excluding hydrogens is 356 g/mol. The van der Waals surface area contributed by atoms with Crippen LogP contribution in [0, 0.1) is 0 Å². The van der Waals surface area contributed by atoms with Crippen LogP contribution in [0.4, 0.5) is 0 Å². The van der Waals surface area contributed by atoms with Gasteiger partial charge in [-0.1, -0.05) is 0 Å². The zero-order chi connectivity index (χ0) is 20.1. The average molecular weight is 384 g/mol. The second-order valence-electron chi connectivity index (χ2n) is 7.13. The summed E-state index contributed by atoms with van der Waals surface area (Å²) in [5.41, 5.74) is 0. The fourth-order valence-corrected chi connectivity index (χ4v) is 3.42. The molecule has 27 heavy (non-hydrogen) atoms. The quantitative estimate of drug-likeness (QED) is 0.347. The number of aliphatic hydroxyl groups is 1. The van der Waals surface area contributed by atoms with E-state index in [-0.39, 0.29) is 11.9 Å². The highest BCUT2D eigenvalue weighted by atomic mass is 16.4. The summed E-state index contributed by atoms with van der Waals surface area (Å²) in [4.78, 5) is 50.0. The minimum atomic E-state index is -1.30. The van der Waals surface area contributed by atoms with E-state index in [2.05, 4.69) is 16.0 Å². The van der Waals surface area contributed by atoms with Crippen LogP contribution in [0.1, 0.15) is 39.5 Å². The summed E-state index contributed by atoms with van der Waals surface area (Å²) >= 11 is 0. The number of amides is 3. The van der Waals surface area contributed by atoms with Crippen molar-refractivity contribution in [3.8, 4) is 0 Å². The summed E-state index contributed by atoms with van der Waals surface area (Å²) in [5.74, 6) is -2.66. The van der Waals surface area contributed by atoms with Crippen molar-refractivity contribution in [2.24, 2.45) is 0 Å². The van der Waals surface area contributed by atoms with Gasteiger partial charge in [-0.15, -0.1) is 0 Å². The maximum absolute atomic E-state index is 12.7. The third-order valence-electron chi connectivity index (χ3n) is 4.99. The molecule has 0 aliphatic carbocycles. The smallest absolute Gasteiger partial charge is 0.325 e. The lowest BCUT2D eigenvalue weighted by atomic mass is 10.1. The van der Waals surface area contributed by atoms with Crippen molar-refractivity contribution in [3.63, 3.8) is 0 Å². The Bertz CT molecular complexity index is 590. The Kier molecular flexibility index (Phi) is 7.14. The third-order valence-corrected chi connectivity index (χ3v) is 4.99. The molecule has 2 fully saturated rings. The number of likely N-dealkylation sites (tertiary alicyclic amines) is 1. The highest BCUT2D eigenvalue weighted by Crippen LogP contribution is 2.21. The molecule has 3 amide bonds. The average Bonchev–Trinajstić information content (AvgIpc) is 3.29. The van der Waals surface area contributed by atoms with Crippen molar-refractivity contribution in [2.45, 2.75) is 69.8 Å². The molecule has 10 heteroatoms. The number of carboxylic acid groups (broad SMARTS) is 1. The van der Waals surface area contributed by atoms with Gasteiger partial charge in [-0.3, -0.25) is 19.2 Å². The van der Waals surface area contributed by atoms with E-state index < -0.39 is 42.0 Å². The summed E-state index contributed by atoms with van der Waals surface area (Å²) in [6, 6.07) is -3.45. The Morgan fingerprint density at radius 3 is 2.37 bits per heavy atom. The van der Waals surface area contributed by atoms with E-state index in [0.29, 0.717) is 19.4 Å². The van der Waals surface area contributed by atoms with Crippen LogP contribution in [0.5, 0.6) is 0 Å². The van der Waals surface area contributed by atoms with Crippen LogP contribution in [0.2, 0.25) is 0 Å². The largest absolute Gasteiger partial charge is 0.480 e. The summed E-state index contributed by atoms with van der Waals surface area (Å²) in [7, 11) is 0. The number of aliphatic carboxylic acids is 1. The van der Waals surface area contributed by atoms with Gasteiger partial charge in [0.1, 0.15) is 18.1 Å². The zero-order valence-electron chi connectivity index (χ0n) is 15.6. The van der Waals surface area contributed by atoms with Crippen LogP contribution in [0.3, 0.4) is 0 Å². The molecule has 5 N–H and O–H groups in total. The molecule has 0 radical (unpaired) electrons. The van der Waals surface area contributed by atoms with Gasteiger partial charge in [0, 0.05) is 6.54 Å². The molecule has 2 heterocycles. The highest BCUT2D eigenvalue weighted by molar-refractivity contribution is 5.94. The number of carbonyl (C=O) groups excluding carboxylic acids is 3. The first-order chi connectivity index (χ1) is 12.7. The van der Waals surface area contributed by atoms with Crippen LogP contribution in [0.25, 0.3) is 0 Å². The Balaban J connectivity index is 2.02. The maximum Gasteiger partial charge on any atom is 0.325 e. The molecule has 2 saturated heterocycles. The van der Waals surface area contributed by atoms with Gasteiger partial charge >= 0.3 is 5.97 Å². The molecule has 2 aliphatic rings. The van der Waals surface area contributed by atoms with Crippen molar-refractivity contribution in [1.82, 2.24) is 20.9 Å². The summed E-state index contributed by atoms with van der Waals surface area (Å²) in [6.45, 7) is 3.85. The molecule has 0 spiro atoms. The van der Waals surface area contributed by atoms with Gasteiger partial charge in [0.15, 0.2) is 0 Å². The summed E-state index contributed by atoms with van der Waals surface area (Å²) in [5, 5.41) is 26.6. The van der Waals surface area contributed by atoms with E-state index in [0.717, 1.165) is 19.4 Å². The molecule has 0 aromatic rings. The van der Waals surface area contributed by atoms with Crippen molar-refractivity contribution < 1.29 is 29.4 Å². The van der Waals surface area contributed by atoms with E-state index in [1.807, 2.05) is 0 Å². The number of nitrogens with one attached hydrogen (secondary N) is 3. The second-order valence-corrected chi connectivity index (χ2v) is 7.13. The molecule has 0 bridgehead atoms. The predicted octanol–water partition coefficient (Wildman–Crippen LogP) is -1.82. The fraction of sp³-hybridized carbons (Fsp3) is 0.765. The first-order valence-electron chi connectivity index (χ1n) is 9.28. The predicted molar refractivity (Wildman–Crippen MR) is 94.6 cm³/mol. The number of hydrogen-bond donors (Lipinski definition) is 5. The molecule has 5 atom stereocenters. The standard InChI is InChI=1S/C17H28N4O6/c1-9(17(26)27)19-15(24)13(10(2)22)20-14(23)12-6-4-8-21(12)16(25)11-5-3-7-18-11/h9-13,18,22H,3-8H2,1-2H3,(H,19,24)(H,20,23)(H,26,27).